The maximum absolute atomic E-state index is 12.3. The topological polar surface area (TPSA) is 79.8 Å². The number of amides is 1. The number of hydrogen-bond donors (Lipinski definition) is 2. The molecule has 0 atom stereocenters. The van der Waals surface area contributed by atoms with Crippen molar-refractivity contribution < 1.29 is 4.79 Å². The van der Waals surface area contributed by atoms with Crippen molar-refractivity contribution in [1.82, 2.24) is 20.3 Å². The van der Waals surface area contributed by atoms with Gasteiger partial charge < -0.3 is 10.6 Å². The summed E-state index contributed by atoms with van der Waals surface area (Å²) in [4.78, 5) is 25.5. The number of carbonyl (C=O) groups excluding carboxylic acids is 1. The number of pyridine rings is 3. The molecule has 0 fully saturated rings. The zero-order chi connectivity index (χ0) is 19.9. The van der Waals surface area contributed by atoms with Crippen LogP contribution >= 0.6 is 0 Å². The van der Waals surface area contributed by atoms with Crippen molar-refractivity contribution in [2.75, 3.05) is 11.9 Å². The number of anilines is 1. The molecule has 0 aromatic carbocycles. The predicted octanol–water partition coefficient (Wildman–Crippen LogP) is 3.34. The van der Waals surface area contributed by atoms with Gasteiger partial charge >= 0.3 is 0 Å². The highest BCUT2D eigenvalue weighted by atomic mass is 16.1. The van der Waals surface area contributed by atoms with Gasteiger partial charge in [0, 0.05) is 43.1 Å². The van der Waals surface area contributed by atoms with E-state index in [-0.39, 0.29) is 5.91 Å². The average molecular weight is 387 g/mol. The first-order valence-corrected chi connectivity index (χ1v) is 10.1. The van der Waals surface area contributed by atoms with E-state index in [9.17, 15) is 4.79 Å². The van der Waals surface area contributed by atoms with Crippen LogP contribution in [0, 0.1) is 0 Å². The van der Waals surface area contributed by atoms with Crippen LogP contribution in [0.15, 0.2) is 55.0 Å². The summed E-state index contributed by atoms with van der Waals surface area (Å²) in [6.45, 7) is 1.28. The standard InChI is InChI=1S/C23H25N5O/c29-23(25-12-4-7-20-6-1-2-11-24-20)19-9-10-22(28-16-19)27-15-17-13-18-5-3-8-21(18)26-14-17/h1-2,6,9-11,13-14,16H,3-5,7-8,12,15H2,(H,25,29)(H,27,28). The van der Waals surface area contributed by atoms with Crippen LogP contribution in [0.1, 0.15) is 45.7 Å². The second-order valence-electron chi connectivity index (χ2n) is 7.27. The Morgan fingerprint density at radius 2 is 2.00 bits per heavy atom. The summed E-state index contributed by atoms with van der Waals surface area (Å²) in [6, 6.07) is 11.7. The Hall–Kier alpha value is -3.28. The van der Waals surface area contributed by atoms with Gasteiger partial charge in [-0.25, -0.2) is 4.98 Å². The number of nitrogens with zero attached hydrogens (tertiary/aromatic N) is 3. The van der Waals surface area contributed by atoms with Crippen LogP contribution in [0.2, 0.25) is 0 Å². The highest BCUT2D eigenvalue weighted by Crippen LogP contribution is 2.20. The molecule has 6 heteroatoms. The van der Waals surface area contributed by atoms with Crippen LogP contribution < -0.4 is 10.6 Å². The number of carbonyl (C=O) groups is 1. The molecule has 0 spiro atoms. The summed E-state index contributed by atoms with van der Waals surface area (Å²) < 4.78 is 0. The summed E-state index contributed by atoms with van der Waals surface area (Å²) in [6.07, 6.45) is 10.5. The van der Waals surface area contributed by atoms with Gasteiger partial charge in [0.15, 0.2) is 0 Å². The number of hydrogen-bond acceptors (Lipinski definition) is 5. The zero-order valence-electron chi connectivity index (χ0n) is 16.4. The third kappa shape index (κ3) is 5.16. The molecule has 148 valence electrons. The first-order chi connectivity index (χ1) is 14.3. The molecular weight excluding hydrogens is 362 g/mol. The fourth-order valence-electron chi connectivity index (χ4n) is 3.52. The third-order valence-electron chi connectivity index (χ3n) is 5.10. The number of rotatable bonds is 8. The summed E-state index contributed by atoms with van der Waals surface area (Å²) in [7, 11) is 0. The lowest BCUT2D eigenvalue weighted by atomic mass is 10.1. The molecule has 3 heterocycles. The lowest BCUT2D eigenvalue weighted by Gasteiger charge is -2.08. The largest absolute Gasteiger partial charge is 0.366 e. The predicted molar refractivity (Wildman–Crippen MR) is 113 cm³/mol. The number of nitrogens with one attached hydrogen (secondary N) is 2. The third-order valence-corrected chi connectivity index (χ3v) is 5.10. The Morgan fingerprint density at radius 3 is 2.83 bits per heavy atom. The molecule has 0 saturated heterocycles. The van der Waals surface area contributed by atoms with Crippen LogP contribution in [0.3, 0.4) is 0 Å². The molecule has 0 aliphatic heterocycles. The summed E-state index contributed by atoms with van der Waals surface area (Å²) >= 11 is 0. The fourth-order valence-corrected chi connectivity index (χ4v) is 3.52. The summed E-state index contributed by atoms with van der Waals surface area (Å²) in [5, 5.41) is 6.23. The lowest BCUT2D eigenvalue weighted by molar-refractivity contribution is 0.0953. The maximum atomic E-state index is 12.3. The van der Waals surface area contributed by atoms with Gasteiger partial charge in [-0.05, 0) is 67.5 Å². The van der Waals surface area contributed by atoms with E-state index < -0.39 is 0 Å². The molecule has 3 aromatic rings. The van der Waals surface area contributed by atoms with Crippen molar-refractivity contribution in [3.05, 3.63) is 83.1 Å². The first kappa shape index (κ1) is 19.1. The molecule has 0 radical (unpaired) electrons. The zero-order valence-corrected chi connectivity index (χ0v) is 16.4. The van der Waals surface area contributed by atoms with Gasteiger partial charge in [-0.15, -0.1) is 0 Å². The van der Waals surface area contributed by atoms with Crippen LogP contribution in [-0.2, 0) is 25.8 Å². The van der Waals surface area contributed by atoms with Crippen molar-refractivity contribution in [3.8, 4) is 0 Å². The van der Waals surface area contributed by atoms with Crippen molar-refractivity contribution in [2.45, 2.75) is 38.6 Å². The quantitative estimate of drug-likeness (QED) is 0.580. The Balaban J connectivity index is 1.22. The second-order valence-corrected chi connectivity index (χ2v) is 7.27. The van der Waals surface area contributed by atoms with E-state index in [4.69, 9.17) is 0 Å². The van der Waals surface area contributed by atoms with Crippen LogP contribution in [0.5, 0.6) is 0 Å². The van der Waals surface area contributed by atoms with Crippen molar-refractivity contribution in [3.63, 3.8) is 0 Å². The molecule has 0 unspecified atom stereocenters. The van der Waals surface area contributed by atoms with E-state index in [1.54, 1.807) is 18.5 Å². The van der Waals surface area contributed by atoms with Crippen LogP contribution in [-0.4, -0.2) is 27.4 Å². The minimum Gasteiger partial charge on any atom is -0.366 e. The summed E-state index contributed by atoms with van der Waals surface area (Å²) in [5.41, 5.74) is 5.36. The van der Waals surface area contributed by atoms with E-state index >= 15 is 0 Å². The Labute approximate surface area is 170 Å². The highest BCUT2D eigenvalue weighted by molar-refractivity contribution is 5.94. The number of fused-ring (bicyclic) bond motifs is 1. The number of aryl methyl sites for hydroxylation is 3. The van der Waals surface area contributed by atoms with Gasteiger partial charge in [0.05, 0.1) is 5.56 Å². The van der Waals surface area contributed by atoms with Crippen LogP contribution in [0.4, 0.5) is 5.82 Å². The molecule has 3 aromatic heterocycles. The van der Waals surface area contributed by atoms with Gasteiger partial charge in [0.1, 0.15) is 5.82 Å². The molecular formula is C23H25N5O. The van der Waals surface area contributed by atoms with Crippen molar-refractivity contribution in [2.24, 2.45) is 0 Å². The van der Waals surface area contributed by atoms with E-state index in [1.165, 1.54) is 17.7 Å². The molecule has 0 bridgehead atoms. The van der Waals surface area contributed by atoms with Gasteiger partial charge in [-0.3, -0.25) is 14.8 Å². The minimum atomic E-state index is -0.104. The SMILES string of the molecule is O=C(NCCCc1ccccn1)c1ccc(NCc2cnc3c(c2)CCC3)nc1. The lowest BCUT2D eigenvalue weighted by Crippen LogP contribution is -2.25. The van der Waals surface area contributed by atoms with Gasteiger partial charge in [0.2, 0.25) is 0 Å². The Kier molecular flexibility index (Phi) is 6.10. The molecule has 29 heavy (non-hydrogen) atoms. The van der Waals surface area contributed by atoms with Gasteiger partial charge in [0.25, 0.3) is 5.91 Å². The second kappa shape index (κ2) is 9.28. The fraction of sp³-hybridized carbons (Fsp3) is 0.304. The normalized spacial score (nSPS) is 12.4. The summed E-state index contributed by atoms with van der Waals surface area (Å²) in [5.74, 6) is 0.644. The Bertz CT molecular complexity index is 957. The van der Waals surface area contributed by atoms with E-state index in [1.807, 2.05) is 30.5 Å². The first-order valence-electron chi connectivity index (χ1n) is 10.1. The number of aromatic nitrogens is 3. The maximum Gasteiger partial charge on any atom is 0.252 e. The molecule has 1 aliphatic rings. The molecule has 1 aliphatic carbocycles. The Morgan fingerprint density at radius 1 is 1.03 bits per heavy atom. The molecule has 4 rings (SSSR count). The van der Waals surface area contributed by atoms with Crippen molar-refractivity contribution in [1.29, 1.82) is 0 Å². The van der Waals surface area contributed by atoms with Crippen LogP contribution in [0.25, 0.3) is 0 Å². The van der Waals surface area contributed by atoms with Crippen molar-refractivity contribution >= 4 is 11.7 Å². The van der Waals surface area contributed by atoms with E-state index in [2.05, 4.69) is 31.7 Å². The van der Waals surface area contributed by atoms with E-state index in [0.29, 0.717) is 18.7 Å². The van der Waals surface area contributed by atoms with Gasteiger partial charge in [-0.1, -0.05) is 12.1 Å². The smallest absolute Gasteiger partial charge is 0.252 e. The average Bonchev–Trinajstić information content (AvgIpc) is 3.24. The molecule has 0 saturated carbocycles. The molecule has 2 N–H and O–H groups in total. The molecule has 1 amide bonds. The monoisotopic (exact) mass is 387 g/mol. The molecule has 6 nitrogen and oxygen atoms in total. The van der Waals surface area contributed by atoms with Gasteiger partial charge in [-0.2, -0.15) is 0 Å². The highest BCUT2D eigenvalue weighted by Gasteiger charge is 2.12. The van der Waals surface area contributed by atoms with E-state index in [0.717, 1.165) is 42.8 Å². The minimum absolute atomic E-state index is 0.104.